The lowest BCUT2D eigenvalue weighted by Crippen LogP contribution is -2.48. The van der Waals surface area contributed by atoms with Crippen LogP contribution in [0.15, 0.2) is 18.2 Å². The first-order chi connectivity index (χ1) is 11.3. The van der Waals surface area contributed by atoms with Crippen LogP contribution in [0.1, 0.15) is 32.3 Å². The van der Waals surface area contributed by atoms with Gasteiger partial charge in [-0.05, 0) is 30.5 Å². The molecule has 6 heteroatoms. The zero-order valence-electron chi connectivity index (χ0n) is 14.6. The lowest BCUT2D eigenvalue weighted by Gasteiger charge is -2.34. The normalized spacial score (nSPS) is 18.5. The molecule has 0 aromatic heterocycles. The van der Waals surface area contributed by atoms with Crippen molar-refractivity contribution in [2.75, 3.05) is 33.4 Å². The topological polar surface area (TPSA) is 41.6 Å². The van der Waals surface area contributed by atoms with E-state index in [0.717, 1.165) is 31.5 Å². The maximum absolute atomic E-state index is 13.2. The molecular weight excluding hydrogens is 331 g/mol. The van der Waals surface area contributed by atoms with Crippen LogP contribution in [0, 0.1) is 11.7 Å². The first kappa shape index (κ1) is 19.0. The van der Waals surface area contributed by atoms with Crippen LogP contribution in [0.2, 0.25) is 5.02 Å². The third kappa shape index (κ3) is 4.84. The van der Waals surface area contributed by atoms with Crippen LogP contribution in [-0.2, 0) is 10.2 Å². The van der Waals surface area contributed by atoms with Gasteiger partial charge in [0.2, 0.25) is 0 Å². The summed E-state index contributed by atoms with van der Waals surface area (Å²) in [7, 11) is 1.69. The number of halogens is 2. The number of amides is 2. The Morgan fingerprint density at radius 1 is 1.50 bits per heavy atom. The lowest BCUT2D eigenvalue weighted by atomic mass is 9.84. The van der Waals surface area contributed by atoms with Crippen LogP contribution in [0.5, 0.6) is 0 Å². The number of ether oxygens (including phenoxy) is 1. The highest BCUT2D eigenvalue weighted by molar-refractivity contribution is 6.31. The molecule has 0 bridgehead atoms. The van der Waals surface area contributed by atoms with E-state index in [2.05, 4.69) is 5.32 Å². The Balaban J connectivity index is 1.94. The van der Waals surface area contributed by atoms with Gasteiger partial charge in [0, 0.05) is 43.1 Å². The molecule has 1 aromatic carbocycles. The van der Waals surface area contributed by atoms with E-state index in [-0.39, 0.29) is 17.3 Å². The van der Waals surface area contributed by atoms with Crippen LogP contribution >= 0.6 is 11.6 Å². The van der Waals surface area contributed by atoms with E-state index in [0.29, 0.717) is 24.1 Å². The summed E-state index contributed by atoms with van der Waals surface area (Å²) in [5.41, 5.74) is 0.434. The second-order valence-corrected chi connectivity index (χ2v) is 7.48. The highest BCUT2D eigenvalue weighted by Crippen LogP contribution is 2.30. The van der Waals surface area contributed by atoms with Gasteiger partial charge >= 0.3 is 6.03 Å². The number of carbonyl (C=O) groups excluding carboxylic acids is 1. The van der Waals surface area contributed by atoms with Gasteiger partial charge in [-0.25, -0.2) is 9.18 Å². The first-order valence-corrected chi connectivity index (χ1v) is 8.68. The zero-order valence-corrected chi connectivity index (χ0v) is 15.3. The molecule has 0 aliphatic carbocycles. The van der Waals surface area contributed by atoms with Crippen molar-refractivity contribution < 1.29 is 13.9 Å². The number of benzene rings is 1. The summed E-state index contributed by atoms with van der Waals surface area (Å²) >= 11 is 6.15. The van der Waals surface area contributed by atoms with Crippen molar-refractivity contribution >= 4 is 17.6 Å². The average molecular weight is 357 g/mol. The first-order valence-electron chi connectivity index (χ1n) is 8.30. The number of carbonyl (C=O) groups is 1. The molecule has 2 rings (SSSR count). The van der Waals surface area contributed by atoms with Crippen LogP contribution in [0.4, 0.5) is 9.18 Å². The predicted molar refractivity (Wildman–Crippen MR) is 94.0 cm³/mol. The predicted octanol–water partition coefficient (Wildman–Crippen LogP) is 3.82. The monoisotopic (exact) mass is 356 g/mol. The summed E-state index contributed by atoms with van der Waals surface area (Å²) < 4.78 is 18.4. The number of piperidine rings is 1. The molecule has 1 fully saturated rings. The number of hydrogen-bond acceptors (Lipinski definition) is 2. The van der Waals surface area contributed by atoms with Crippen molar-refractivity contribution in [3.8, 4) is 0 Å². The molecule has 2 amide bonds. The van der Waals surface area contributed by atoms with E-state index < -0.39 is 0 Å². The number of nitrogens with zero attached hydrogens (tertiary/aromatic N) is 1. The molecule has 0 saturated carbocycles. The zero-order chi connectivity index (χ0) is 17.7. The van der Waals surface area contributed by atoms with Gasteiger partial charge in [-0.2, -0.15) is 0 Å². The summed E-state index contributed by atoms with van der Waals surface area (Å²) in [5, 5.41) is 3.37. The van der Waals surface area contributed by atoms with Gasteiger partial charge in [-0.15, -0.1) is 0 Å². The van der Waals surface area contributed by atoms with Gasteiger partial charge in [-0.3, -0.25) is 0 Å². The van der Waals surface area contributed by atoms with Crippen molar-refractivity contribution in [1.29, 1.82) is 0 Å². The second-order valence-electron chi connectivity index (χ2n) is 7.08. The molecular formula is C18H26ClFN2O2. The Labute approximate surface area is 148 Å². The van der Waals surface area contributed by atoms with Crippen LogP contribution in [0.25, 0.3) is 0 Å². The fourth-order valence-corrected chi connectivity index (χ4v) is 3.59. The lowest BCUT2D eigenvalue weighted by molar-refractivity contribution is 0.100. The minimum Gasteiger partial charge on any atom is -0.384 e. The molecule has 1 aromatic rings. The standard InChI is InChI=1S/C18H26ClFN2O2/c1-18(2,15-7-6-14(20)9-16(15)19)12-21-17(23)22-8-4-5-13(10-22)11-24-3/h6-7,9,13H,4-5,8,10-12H2,1-3H3,(H,21,23). The summed E-state index contributed by atoms with van der Waals surface area (Å²) in [6, 6.07) is 4.31. The Morgan fingerprint density at radius 3 is 2.92 bits per heavy atom. The van der Waals surface area contributed by atoms with Crippen molar-refractivity contribution in [1.82, 2.24) is 10.2 Å². The van der Waals surface area contributed by atoms with Gasteiger partial charge in [0.25, 0.3) is 0 Å². The fourth-order valence-electron chi connectivity index (χ4n) is 3.16. The Morgan fingerprint density at radius 2 is 2.25 bits per heavy atom. The van der Waals surface area contributed by atoms with Crippen LogP contribution in [0.3, 0.4) is 0 Å². The molecule has 134 valence electrons. The van der Waals surface area contributed by atoms with Gasteiger partial charge in [0.1, 0.15) is 5.82 Å². The molecule has 24 heavy (non-hydrogen) atoms. The molecule has 1 heterocycles. The van der Waals surface area contributed by atoms with Gasteiger partial charge in [0.05, 0.1) is 6.61 Å². The SMILES string of the molecule is COCC1CCCN(C(=O)NCC(C)(C)c2ccc(F)cc2Cl)C1. The third-order valence-corrected chi connectivity index (χ3v) is 4.86. The van der Waals surface area contributed by atoms with Gasteiger partial charge in [-0.1, -0.05) is 31.5 Å². The molecule has 1 saturated heterocycles. The maximum Gasteiger partial charge on any atom is 0.317 e. The van der Waals surface area contributed by atoms with Gasteiger partial charge in [0.15, 0.2) is 0 Å². The smallest absolute Gasteiger partial charge is 0.317 e. The van der Waals surface area contributed by atoms with E-state index in [1.807, 2.05) is 18.7 Å². The Hall–Kier alpha value is -1.33. The van der Waals surface area contributed by atoms with E-state index in [1.165, 1.54) is 12.1 Å². The number of hydrogen-bond donors (Lipinski definition) is 1. The van der Waals surface area contributed by atoms with E-state index in [1.54, 1.807) is 13.2 Å². The second kappa shape index (κ2) is 8.17. The molecule has 1 N–H and O–H groups in total. The fraction of sp³-hybridized carbons (Fsp3) is 0.611. The third-order valence-electron chi connectivity index (χ3n) is 4.55. The molecule has 1 atom stereocenters. The molecule has 0 radical (unpaired) electrons. The Kier molecular flexibility index (Phi) is 6.47. The van der Waals surface area contributed by atoms with Crippen molar-refractivity contribution in [2.45, 2.75) is 32.1 Å². The number of rotatable bonds is 5. The Bertz CT molecular complexity index is 578. The number of likely N-dealkylation sites (tertiary alicyclic amines) is 1. The van der Waals surface area contributed by atoms with Crippen molar-refractivity contribution in [3.63, 3.8) is 0 Å². The summed E-state index contributed by atoms with van der Waals surface area (Å²) in [5.74, 6) is 0.0372. The van der Waals surface area contributed by atoms with Crippen LogP contribution < -0.4 is 5.32 Å². The maximum atomic E-state index is 13.2. The number of methoxy groups -OCH3 is 1. The molecule has 4 nitrogen and oxygen atoms in total. The molecule has 1 unspecified atom stereocenters. The molecule has 1 aliphatic rings. The number of nitrogens with one attached hydrogen (secondary N) is 1. The van der Waals surface area contributed by atoms with Crippen molar-refractivity contribution in [3.05, 3.63) is 34.6 Å². The number of urea groups is 1. The highest BCUT2D eigenvalue weighted by Gasteiger charge is 2.27. The minimum atomic E-state index is -0.387. The van der Waals surface area contributed by atoms with E-state index >= 15 is 0 Å². The molecule has 1 aliphatic heterocycles. The largest absolute Gasteiger partial charge is 0.384 e. The summed E-state index contributed by atoms with van der Waals surface area (Å²) in [6.45, 7) is 6.57. The van der Waals surface area contributed by atoms with E-state index in [9.17, 15) is 9.18 Å². The van der Waals surface area contributed by atoms with Crippen LogP contribution in [-0.4, -0.2) is 44.3 Å². The summed E-state index contributed by atoms with van der Waals surface area (Å²) in [6.07, 6.45) is 2.09. The van der Waals surface area contributed by atoms with E-state index in [4.69, 9.17) is 16.3 Å². The average Bonchev–Trinajstić information content (AvgIpc) is 2.53. The van der Waals surface area contributed by atoms with Crippen molar-refractivity contribution in [2.24, 2.45) is 5.92 Å². The minimum absolute atomic E-state index is 0.0675. The van der Waals surface area contributed by atoms with Gasteiger partial charge < -0.3 is 15.0 Å². The quantitative estimate of drug-likeness (QED) is 0.871. The molecule has 0 spiro atoms. The summed E-state index contributed by atoms with van der Waals surface area (Å²) in [4.78, 5) is 14.3. The highest BCUT2D eigenvalue weighted by atomic mass is 35.5.